The van der Waals surface area contributed by atoms with Crippen molar-refractivity contribution in [2.45, 2.75) is 180 Å². The Bertz CT molecular complexity index is 1140. The first kappa shape index (κ1) is 44.1. The summed E-state index contributed by atoms with van der Waals surface area (Å²) in [6.07, 6.45) is -7.40. The molecule has 0 amide bonds. The fourth-order valence-electron chi connectivity index (χ4n) is 8.69. The van der Waals surface area contributed by atoms with Crippen LogP contribution in [-0.2, 0) is 38.0 Å². The zero-order chi connectivity index (χ0) is 38.7. The van der Waals surface area contributed by atoms with Gasteiger partial charge in [-0.05, 0) is 74.4 Å². The van der Waals surface area contributed by atoms with Gasteiger partial charge in [-0.15, -0.1) is 0 Å². The van der Waals surface area contributed by atoms with E-state index in [9.17, 15) is 30.0 Å². The summed E-state index contributed by atoms with van der Waals surface area (Å²) in [6.45, 7) is 17.6. The van der Waals surface area contributed by atoms with E-state index in [0.717, 1.165) is 0 Å². The molecule has 3 fully saturated rings. The van der Waals surface area contributed by atoms with E-state index in [1.54, 1.807) is 48.5 Å². The number of carbonyl (C=O) groups excluding carboxylic acids is 2. The van der Waals surface area contributed by atoms with Gasteiger partial charge < -0.3 is 53.7 Å². The Kier molecular flexibility index (Phi) is 15.5. The van der Waals surface area contributed by atoms with Gasteiger partial charge in [0.05, 0.1) is 47.6 Å². The second-order valence-corrected chi connectivity index (χ2v) is 16.4. The molecule has 51 heavy (non-hydrogen) atoms. The number of cyclic esters (lactones) is 1. The number of ketones is 1. The Morgan fingerprint density at radius 1 is 0.882 bits per heavy atom. The lowest BCUT2D eigenvalue weighted by atomic mass is 9.74. The minimum absolute atomic E-state index is 0.0438. The van der Waals surface area contributed by atoms with Crippen molar-refractivity contribution < 1.29 is 58.4 Å². The third-order valence-corrected chi connectivity index (χ3v) is 12.0. The molecule has 0 aliphatic carbocycles. The SMILES string of the molecule is CC[C@@H]1[C@H](O)C(C)C(=O)[C@H](C)C[C@@](C)(O)[C@H](OC2O[C@H](C)C[C@H](N(C)C)[C@H]2O)[C@@H](C)[C@H](OC2C[C@@](C)(OC)[C@@H](O)[C@H](C)O2)[C@@H](C)C(=O)O[C@@H]1CC. The first-order valence-corrected chi connectivity index (χ1v) is 19.0. The van der Waals surface area contributed by atoms with Crippen LogP contribution >= 0.6 is 0 Å². The van der Waals surface area contributed by atoms with Gasteiger partial charge in [0.2, 0.25) is 0 Å². The lowest BCUT2D eigenvalue weighted by Crippen LogP contribution is -2.60. The molecular formula is C38H69NO12. The Hall–Kier alpha value is -1.26. The third-order valence-electron chi connectivity index (χ3n) is 12.0. The number of hydrogen-bond acceptors (Lipinski definition) is 13. The molecule has 18 atom stereocenters. The molecule has 0 spiro atoms. The van der Waals surface area contributed by atoms with E-state index >= 15 is 0 Å². The van der Waals surface area contributed by atoms with Gasteiger partial charge in [-0.25, -0.2) is 0 Å². The fourth-order valence-corrected chi connectivity index (χ4v) is 8.69. The smallest absolute Gasteiger partial charge is 0.311 e. The summed E-state index contributed by atoms with van der Waals surface area (Å²) >= 11 is 0. The van der Waals surface area contributed by atoms with Crippen molar-refractivity contribution in [3.63, 3.8) is 0 Å². The monoisotopic (exact) mass is 731 g/mol. The van der Waals surface area contributed by atoms with Gasteiger partial charge in [-0.3, -0.25) is 9.59 Å². The van der Waals surface area contributed by atoms with Crippen LogP contribution < -0.4 is 0 Å². The van der Waals surface area contributed by atoms with E-state index in [1.165, 1.54) is 7.11 Å². The van der Waals surface area contributed by atoms with Crippen molar-refractivity contribution in [1.29, 1.82) is 0 Å². The summed E-state index contributed by atoms with van der Waals surface area (Å²) in [5.74, 6) is -4.51. The highest BCUT2D eigenvalue weighted by Gasteiger charge is 2.52. The zero-order valence-corrected chi connectivity index (χ0v) is 33.3. The van der Waals surface area contributed by atoms with Crippen molar-refractivity contribution in [2.24, 2.45) is 29.6 Å². The van der Waals surface area contributed by atoms with Crippen molar-refractivity contribution >= 4 is 11.8 Å². The summed E-state index contributed by atoms with van der Waals surface area (Å²) in [7, 11) is 5.24. The van der Waals surface area contributed by atoms with Gasteiger partial charge in [0.25, 0.3) is 0 Å². The molecule has 0 aromatic rings. The summed E-state index contributed by atoms with van der Waals surface area (Å²) in [6, 6.07) is -0.297. The Balaban J connectivity index is 2.17. The highest BCUT2D eigenvalue weighted by Crippen LogP contribution is 2.40. The maximum atomic E-state index is 14.2. The van der Waals surface area contributed by atoms with Crippen molar-refractivity contribution in [3.05, 3.63) is 0 Å². The molecule has 0 radical (unpaired) electrons. The number of methoxy groups -OCH3 is 1. The second kappa shape index (κ2) is 17.9. The summed E-state index contributed by atoms with van der Waals surface area (Å²) in [5, 5.41) is 46.3. The van der Waals surface area contributed by atoms with E-state index in [1.807, 2.05) is 39.8 Å². The van der Waals surface area contributed by atoms with Crippen LogP contribution in [0.15, 0.2) is 0 Å². The molecule has 3 unspecified atom stereocenters. The molecule has 3 saturated heterocycles. The van der Waals surface area contributed by atoms with Crippen LogP contribution in [0.3, 0.4) is 0 Å². The second-order valence-electron chi connectivity index (χ2n) is 16.4. The minimum Gasteiger partial charge on any atom is -0.462 e. The molecule has 3 rings (SSSR count). The van der Waals surface area contributed by atoms with Crippen LogP contribution in [0.4, 0.5) is 0 Å². The number of Topliss-reactive ketones (excluding diaryl/α,β-unsaturated/α-hetero) is 1. The predicted molar refractivity (Wildman–Crippen MR) is 189 cm³/mol. The first-order chi connectivity index (χ1) is 23.6. The van der Waals surface area contributed by atoms with Crippen LogP contribution in [0.5, 0.6) is 0 Å². The van der Waals surface area contributed by atoms with Crippen molar-refractivity contribution in [2.75, 3.05) is 21.2 Å². The van der Waals surface area contributed by atoms with E-state index in [-0.39, 0.29) is 30.8 Å². The van der Waals surface area contributed by atoms with Gasteiger partial charge in [0.1, 0.15) is 24.1 Å². The van der Waals surface area contributed by atoms with Gasteiger partial charge in [0, 0.05) is 43.2 Å². The van der Waals surface area contributed by atoms with Gasteiger partial charge in [-0.2, -0.15) is 0 Å². The largest absolute Gasteiger partial charge is 0.462 e. The third kappa shape index (κ3) is 9.89. The van der Waals surface area contributed by atoms with E-state index in [4.69, 9.17) is 28.4 Å². The Morgan fingerprint density at radius 2 is 1.51 bits per heavy atom. The topological polar surface area (TPSA) is 174 Å². The lowest BCUT2D eigenvalue weighted by molar-refractivity contribution is -0.317. The molecule has 3 aliphatic heterocycles. The van der Waals surface area contributed by atoms with Gasteiger partial charge in [0.15, 0.2) is 12.6 Å². The molecule has 0 bridgehead atoms. The molecular weight excluding hydrogens is 662 g/mol. The average Bonchev–Trinajstić information content (AvgIpc) is 3.07. The van der Waals surface area contributed by atoms with Crippen LogP contribution in [-0.4, -0.2) is 137 Å². The van der Waals surface area contributed by atoms with Gasteiger partial charge in [-0.1, -0.05) is 34.6 Å². The number of esters is 1. The highest BCUT2D eigenvalue weighted by atomic mass is 16.7. The van der Waals surface area contributed by atoms with Gasteiger partial charge >= 0.3 is 5.97 Å². The number of likely N-dealkylation sites (N-methyl/N-ethyl adjacent to an activating group) is 1. The number of rotatable bonds is 8. The predicted octanol–water partition coefficient (Wildman–Crippen LogP) is 3.06. The van der Waals surface area contributed by atoms with Crippen LogP contribution in [0.1, 0.15) is 101 Å². The highest BCUT2D eigenvalue weighted by molar-refractivity contribution is 5.83. The fraction of sp³-hybridized carbons (Fsp3) is 0.947. The minimum atomic E-state index is -1.72. The van der Waals surface area contributed by atoms with Crippen LogP contribution in [0.2, 0.25) is 0 Å². The standard InChI is InChI=1S/C38H69NO12/c1-14-25-27(15-2)49-35(44)23(7)32(50-28-18-38(10,46-13)33(43)24(8)48-28)22(6)34(37(9,45)17-19(3)29(40)21(5)30(25)41)51-36-31(42)26(39(11)12)16-20(4)47-36/h19-28,30-34,36,41-43,45H,14-18H2,1-13H3/t19-,20-,21?,22+,23-,24+,25+,26+,27-,28?,30-,31-,32+,33+,34-,36?,37-,38-/m1/s1. The molecule has 0 aromatic heterocycles. The number of aliphatic hydroxyl groups excluding tert-OH is 3. The summed E-state index contributed by atoms with van der Waals surface area (Å²) in [5.41, 5.74) is -2.74. The maximum Gasteiger partial charge on any atom is 0.311 e. The summed E-state index contributed by atoms with van der Waals surface area (Å²) in [4.78, 5) is 30.0. The maximum absolute atomic E-state index is 14.2. The Morgan fingerprint density at radius 3 is 2.06 bits per heavy atom. The lowest BCUT2D eigenvalue weighted by Gasteiger charge is -2.49. The molecule has 0 saturated carbocycles. The number of carbonyl (C=O) groups is 2. The van der Waals surface area contributed by atoms with Crippen LogP contribution in [0, 0.1) is 29.6 Å². The molecule has 4 N–H and O–H groups in total. The molecule has 13 heteroatoms. The zero-order valence-electron chi connectivity index (χ0n) is 33.3. The number of ether oxygens (including phenoxy) is 6. The van der Waals surface area contributed by atoms with E-state index in [0.29, 0.717) is 19.3 Å². The van der Waals surface area contributed by atoms with E-state index in [2.05, 4.69) is 0 Å². The molecule has 13 nitrogen and oxygen atoms in total. The normalized spacial score (nSPS) is 48.3. The molecule has 0 aromatic carbocycles. The van der Waals surface area contributed by atoms with E-state index < -0.39 is 102 Å². The van der Waals surface area contributed by atoms with Crippen molar-refractivity contribution in [1.82, 2.24) is 4.90 Å². The number of hydrogen-bond donors (Lipinski definition) is 4. The Labute approximate surface area is 305 Å². The van der Waals surface area contributed by atoms with Crippen LogP contribution in [0.25, 0.3) is 0 Å². The average molecular weight is 732 g/mol. The number of nitrogens with zero attached hydrogens (tertiary/aromatic N) is 1. The molecule has 3 heterocycles. The quantitative estimate of drug-likeness (QED) is 0.269. The van der Waals surface area contributed by atoms with Crippen molar-refractivity contribution in [3.8, 4) is 0 Å². The molecule has 3 aliphatic rings. The first-order valence-electron chi connectivity index (χ1n) is 19.0. The summed E-state index contributed by atoms with van der Waals surface area (Å²) < 4.78 is 37.5. The molecule has 298 valence electrons. The number of aliphatic hydroxyl groups is 4.